The summed E-state index contributed by atoms with van der Waals surface area (Å²) in [5.41, 5.74) is 0.771. The first-order valence-corrected chi connectivity index (χ1v) is 9.16. The van der Waals surface area contributed by atoms with E-state index < -0.39 is 0 Å². The van der Waals surface area contributed by atoms with E-state index in [9.17, 15) is 0 Å². The number of ether oxygens (including phenoxy) is 4. The molecule has 2 N–H and O–H groups in total. The van der Waals surface area contributed by atoms with Crippen molar-refractivity contribution >= 4 is 17.3 Å². The minimum absolute atomic E-state index is 0.545. The molecule has 0 saturated carbocycles. The molecule has 2 heterocycles. The molecule has 28 heavy (non-hydrogen) atoms. The molecular formula is C19H27N5O4. The summed E-state index contributed by atoms with van der Waals surface area (Å²) in [4.78, 5) is 10.9. The Hall–Kier alpha value is -2.78. The van der Waals surface area contributed by atoms with Crippen molar-refractivity contribution in [2.24, 2.45) is 0 Å². The van der Waals surface area contributed by atoms with Crippen molar-refractivity contribution in [3.63, 3.8) is 0 Å². The number of anilines is 3. The van der Waals surface area contributed by atoms with Crippen LogP contribution in [-0.2, 0) is 4.74 Å². The molecule has 2 aromatic rings. The van der Waals surface area contributed by atoms with Crippen LogP contribution in [0.15, 0.2) is 24.5 Å². The molecular weight excluding hydrogens is 362 g/mol. The lowest BCUT2D eigenvalue weighted by atomic mass is 10.2. The van der Waals surface area contributed by atoms with Gasteiger partial charge < -0.3 is 29.6 Å². The van der Waals surface area contributed by atoms with Gasteiger partial charge in [0.05, 0.1) is 34.5 Å². The SMILES string of the molecule is COc1cc(Nc2cc(NCCN3CCOCC3)ncn2)cc(OC)c1OC. The highest BCUT2D eigenvalue weighted by Gasteiger charge is 2.14. The number of methoxy groups -OCH3 is 3. The van der Waals surface area contributed by atoms with Gasteiger partial charge >= 0.3 is 0 Å². The minimum Gasteiger partial charge on any atom is -0.493 e. The lowest BCUT2D eigenvalue weighted by molar-refractivity contribution is 0.0398. The van der Waals surface area contributed by atoms with Gasteiger partial charge in [-0.3, -0.25) is 4.90 Å². The Bertz CT molecular complexity index is 743. The van der Waals surface area contributed by atoms with E-state index in [2.05, 4.69) is 25.5 Å². The first-order valence-electron chi connectivity index (χ1n) is 9.16. The van der Waals surface area contributed by atoms with Gasteiger partial charge in [-0.25, -0.2) is 9.97 Å². The Labute approximate surface area is 165 Å². The minimum atomic E-state index is 0.545. The van der Waals surface area contributed by atoms with E-state index in [1.807, 2.05) is 18.2 Å². The third-order valence-electron chi connectivity index (χ3n) is 4.44. The average Bonchev–Trinajstić information content (AvgIpc) is 2.74. The number of rotatable bonds is 9. The maximum atomic E-state index is 5.39. The fourth-order valence-electron chi connectivity index (χ4n) is 2.99. The molecule has 0 amide bonds. The van der Waals surface area contributed by atoms with Crippen molar-refractivity contribution < 1.29 is 18.9 Å². The van der Waals surface area contributed by atoms with Crippen LogP contribution >= 0.6 is 0 Å². The van der Waals surface area contributed by atoms with Gasteiger partial charge in [-0.05, 0) is 0 Å². The topological polar surface area (TPSA) is 90.0 Å². The van der Waals surface area contributed by atoms with E-state index in [0.29, 0.717) is 23.1 Å². The fraction of sp³-hybridized carbons (Fsp3) is 0.474. The molecule has 1 aliphatic heterocycles. The van der Waals surface area contributed by atoms with Gasteiger partial charge in [-0.15, -0.1) is 0 Å². The van der Waals surface area contributed by atoms with Crippen molar-refractivity contribution in [2.75, 3.05) is 71.4 Å². The highest BCUT2D eigenvalue weighted by molar-refractivity contribution is 5.67. The van der Waals surface area contributed by atoms with Crippen LogP contribution in [0.3, 0.4) is 0 Å². The molecule has 9 heteroatoms. The summed E-state index contributed by atoms with van der Waals surface area (Å²) in [6.45, 7) is 5.30. The third-order valence-corrected chi connectivity index (χ3v) is 4.44. The fourth-order valence-corrected chi connectivity index (χ4v) is 2.99. The summed E-state index contributed by atoms with van der Waals surface area (Å²) in [5.74, 6) is 3.12. The van der Waals surface area contributed by atoms with Crippen LogP contribution in [0.1, 0.15) is 0 Å². The molecule has 0 unspecified atom stereocenters. The predicted octanol–water partition coefficient (Wildman–Crippen LogP) is 1.99. The molecule has 0 radical (unpaired) electrons. The Morgan fingerprint density at radius 2 is 1.64 bits per heavy atom. The Morgan fingerprint density at radius 1 is 0.964 bits per heavy atom. The second-order valence-electron chi connectivity index (χ2n) is 6.21. The first kappa shape index (κ1) is 20.0. The number of benzene rings is 1. The van der Waals surface area contributed by atoms with Crippen molar-refractivity contribution in [1.82, 2.24) is 14.9 Å². The van der Waals surface area contributed by atoms with E-state index >= 15 is 0 Å². The molecule has 1 aliphatic rings. The lowest BCUT2D eigenvalue weighted by Crippen LogP contribution is -2.39. The summed E-state index contributed by atoms with van der Waals surface area (Å²) >= 11 is 0. The second kappa shape index (κ2) is 9.95. The molecule has 0 spiro atoms. The molecule has 1 fully saturated rings. The molecule has 1 aromatic carbocycles. The summed E-state index contributed by atoms with van der Waals surface area (Å²) in [7, 11) is 4.75. The van der Waals surface area contributed by atoms with Crippen LogP contribution < -0.4 is 24.8 Å². The molecule has 0 bridgehead atoms. The van der Waals surface area contributed by atoms with Gasteiger partial charge in [0.25, 0.3) is 0 Å². The van der Waals surface area contributed by atoms with Crippen LogP contribution in [0.25, 0.3) is 0 Å². The highest BCUT2D eigenvalue weighted by atomic mass is 16.5. The van der Waals surface area contributed by atoms with Gasteiger partial charge in [0.2, 0.25) is 5.75 Å². The second-order valence-corrected chi connectivity index (χ2v) is 6.21. The number of aromatic nitrogens is 2. The first-order chi connectivity index (χ1) is 13.7. The smallest absolute Gasteiger partial charge is 0.203 e. The molecule has 1 saturated heterocycles. The molecule has 1 aromatic heterocycles. The van der Waals surface area contributed by atoms with Crippen molar-refractivity contribution in [1.29, 1.82) is 0 Å². The summed E-state index contributed by atoms with van der Waals surface area (Å²) in [6.07, 6.45) is 1.53. The van der Waals surface area contributed by atoms with Crippen LogP contribution in [0.5, 0.6) is 17.2 Å². The monoisotopic (exact) mass is 389 g/mol. The Balaban J connectivity index is 1.63. The van der Waals surface area contributed by atoms with Crippen LogP contribution in [0, 0.1) is 0 Å². The zero-order chi connectivity index (χ0) is 19.8. The maximum absolute atomic E-state index is 5.39. The van der Waals surface area contributed by atoms with Crippen LogP contribution in [0.4, 0.5) is 17.3 Å². The summed E-state index contributed by atoms with van der Waals surface area (Å²) in [5, 5.41) is 6.59. The maximum Gasteiger partial charge on any atom is 0.203 e. The van der Waals surface area contributed by atoms with Gasteiger partial charge in [0.1, 0.15) is 18.0 Å². The zero-order valence-electron chi connectivity index (χ0n) is 16.5. The standard InChI is InChI=1S/C19H27N5O4/c1-25-15-10-14(11-16(26-2)19(15)27-3)23-18-12-17(21-13-22-18)20-4-5-24-6-8-28-9-7-24/h10-13H,4-9H2,1-3H3,(H2,20,21,22,23). The van der Waals surface area contributed by atoms with E-state index in [4.69, 9.17) is 18.9 Å². The summed E-state index contributed by atoms with van der Waals surface area (Å²) < 4.78 is 21.5. The van der Waals surface area contributed by atoms with E-state index in [-0.39, 0.29) is 0 Å². The van der Waals surface area contributed by atoms with Crippen molar-refractivity contribution in [2.45, 2.75) is 0 Å². The quantitative estimate of drug-likeness (QED) is 0.668. The van der Waals surface area contributed by atoms with Gasteiger partial charge in [-0.2, -0.15) is 0 Å². The normalized spacial score (nSPS) is 14.4. The summed E-state index contributed by atoms with van der Waals surface area (Å²) in [6, 6.07) is 5.52. The number of hydrogen-bond donors (Lipinski definition) is 2. The van der Waals surface area contributed by atoms with Crippen LogP contribution in [0.2, 0.25) is 0 Å². The molecule has 0 atom stereocenters. The predicted molar refractivity (Wildman–Crippen MR) is 107 cm³/mol. The number of morpholine rings is 1. The zero-order valence-corrected chi connectivity index (χ0v) is 16.5. The Morgan fingerprint density at radius 3 is 2.29 bits per heavy atom. The van der Waals surface area contributed by atoms with Crippen LogP contribution in [-0.4, -0.2) is 75.6 Å². The van der Waals surface area contributed by atoms with Crippen molar-refractivity contribution in [3.05, 3.63) is 24.5 Å². The molecule has 152 valence electrons. The van der Waals surface area contributed by atoms with E-state index in [1.54, 1.807) is 21.3 Å². The molecule has 9 nitrogen and oxygen atoms in total. The van der Waals surface area contributed by atoms with Gasteiger partial charge in [0.15, 0.2) is 11.5 Å². The highest BCUT2D eigenvalue weighted by Crippen LogP contribution is 2.40. The largest absolute Gasteiger partial charge is 0.493 e. The van der Waals surface area contributed by atoms with Gasteiger partial charge in [-0.1, -0.05) is 0 Å². The molecule has 0 aliphatic carbocycles. The number of hydrogen-bond acceptors (Lipinski definition) is 9. The molecule has 3 rings (SSSR count). The van der Waals surface area contributed by atoms with Gasteiger partial charge in [0, 0.05) is 50.1 Å². The number of nitrogens with zero attached hydrogens (tertiary/aromatic N) is 3. The van der Waals surface area contributed by atoms with E-state index in [1.165, 1.54) is 6.33 Å². The van der Waals surface area contributed by atoms with Crippen molar-refractivity contribution in [3.8, 4) is 17.2 Å². The average molecular weight is 389 g/mol. The third kappa shape index (κ3) is 5.14. The Kier molecular flexibility index (Phi) is 7.10. The lowest BCUT2D eigenvalue weighted by Gasteiger charge is -2.26. The number of nitrogens with one attached hydrogen (secondary N) is 2. The van der Waals surface area contributed by atoms with E-state index in [0.717, 1.165) is 50.9 Å².